The zero-order valence-electron chi connectivity index (χ0n) is 7.88. The van der Waals surface area contributed by atoms with Crippen LogP contribution in [0.25, 0.3) is 11.3 Å². The molecule has 14 heavy (non-hydrogen) atoms. The predicted molar refractivity (Wildman–Crippen MR) is 52.8 cm³/mol. The molecule has 0 aliphatic carbocycles. The third kappa shape index (κ3) is 1.59. The Morgan fingerprint density at radius 3 is 2.57 bits per heavy atom. The van der Waals surface area contributed by atoms with Gasteiger partial charge >= 0.3 is 0 Å². The van der Waals surface area contributed by atoms with Crippen molar-refractivity contribution in [2.45, 2.75) is 13.5 Å². The summed E-state index contributed by atoms with van der Waals surface area (Å²) in [4.78, 5) is 0. The number of aryl methyl sites for hydroxylation is 1. The molecule has 1 heterocycles. The lowest BCUT2D eigenvalue weighted by Crippen LogP contribution is -1.93. The minimum absolute atomic E-state index is 0.261. The fraction of sp³-hybridized carbons (Fsp3) is 0.200. The molecule has 0 saturated carbocycles. The average Bonchev–Trinajstić information content (AvgIpc) is 2.67. The number of aromatic hydroxyl groups is 1. The SMILES string of the molecule is CCn1cc(-c2ccc(O)cc2)nn1. The van der Waals surface area contributed by atoms with Crippen molar-refractivity contribution in [2.24, 2.45) is 0 Å². The van der Waals surface area contributed by atoms with Crippen molar-refractivity contribution >= 4 is 0 Å². The first-order chi connectivity index (χ1) is 6.79. The Balaban J connectivity index is 2.34. The van der Waals surface area contributed by atoms with Crippen molar-refractivity contribution in [3.63, 3.8) is 0 Å². The molecule has 0 atom stereocenters. The summed E-state index contributed by atoms with van der Waals surface area (Å²) in [5, 5.41) is 17.1. The van der Waals surface area contributed by atoms with Crippen molar-refractivity contribution in [1.82, 2.24) is 15.0 Å². The standard InChI is InChI=1S/C10H11N3O/c1-2-13-7-10(11-12-13)8-3-5-9(14)6-4-8/h3-7,14H,2H2,1H3. The number of nitrogens with zero attached hydrogens (tertiary/aromatic N) is 3. The molecular weight excluding hydrogens is 178 g/mol. The minimum atomic E-state index is 0.261. The van der Waals surface area contributed by atoms with E-state index in [0.29, 0.717) is 0 Å². The van der Waals surface area contributed by atoms with E-state index in [1.807, 2.05) is 25.3 Å². The van der Waals surface area contributed by atoms with E-state index in [0.717, 1.165) is 17.8 Å². The van der Waals surface area contributed by atoms with Crippen molar-refractivity contribution in [3.8, 4) is 17.0 Å². The first kappa shape index (κ1) is 8.74. The Morgan fingerprint density at radius 1 is 1.29 bits per heavy atom. The Hall–Kier alpha value is -1.84. The molecule has 0 unspecified atom stereocenters. The summed E-state index contributed by atoms with van der Waals surface area (Å²) in [6, 6.07) is 6.92. The second kappa shape index (κ2) is 3.49. The summed E-state index contributed by atoms with van der Waals surface area (Å²) in [6.07, 6.45) is 1.88. The Labute approximate surface area is 81.8 Å². The maximum Gasteiger partial charge on any atom is 0.115 e. The van der Waals surface area contributed by atoms with Crippen LogP contribution in [0.1, 0.15) is 6.92 Å². The average molecular weight is 189 g/mol. The molecule has 1 aromatic carbocycles. The van der Waals surface area contributed by atoms with Crippen LogP contribution in [0.3, 0.4) is 0 Å². The van der Waals surface area contributed by atoms with Gasteiger partial charge in [0.2, 0.25) is 0 Å². The third-order valence-corrected chi connectivity index (χ3v) is 2.03. The number of aromatic nitrogens is 3. The van der Waals surface area contributed by atoms with Crippen molar-refractivity contribution in [1.29, 1.82) is 0 Å². The monoisotopic (exact) mass is 189 g/mol. The van der Waals surface area contributed by atoms with Gasteiger partial charge in [0.15, 0.2) is 0 Å². The molecule has 0 spiro atoms. The maximum absolute atomic E-state index is 9.11. The molecule has 2 rings (SSSR count). The zero-order valence-corrected chi connectivity index (χ0v) is 7.88. The fourth-order valence-electron chi connectivity index (χ4n) is 1.22. The van der Waals surface area contributed by atoms with E-state index >= 15 is 0 Å². The van der Waals surface area contributed by atoms with Crippen LogP contribution in [0.2, 0.25) is 0 Å². The molecular formula is C10H11N3O. The first-order valence-electron chi connectivity index (χ1n) is 4.49. The summed E-state index contributed by atoms with van der Waals surface area (Å²) in [7, 11) is 0. The lowest BCUT2D eigenvalue weighted by atomic mass is 10.2. The van der Waals surface area contributed by atoms with Gasteiger partial charge in [0.25, 0.3) is 0 Å². The number of phenols is 1. The number of benzene rings is 1. The second-order valence-corrected chi connectivity index (χ2v) is 3.01. The van der Waals surface area contributed by atoms with Gasteiger partial charge in [-0.15, -0.1) is 5.10 Å². The van der Waals surface area contributed by atoms with Gasteiger partial charge in [-0.05, 0) is 31.2 Å². The predicted octanol–water partition coefficient (Wildman–Crippen LogP) is 1.67. The van der Waals surface area contributed by atoms with Crippen LogP contribution in [0.5, 0.6) is 5.75 Å². The molecule has 72 valence electrons. The molecule has 0 bridgehead atoms. The van der Waals surface area contributed by atoms with E-state index in [1.54, 1.807) is 16.8 Å². The van der Waals surface area contributed by atoms with Gasteiger partial charge in [0, 0.05) is 12.1 Å². The van der Waals surface area contributed by atoms with E-state index in [2.05, 4.69) is 10.3 Å². The molecule has 0 radical (unpaired) electrons. The van der Waals surface area contributed by atoms with Gasteiger partial charge in [-0.1, -0.05) is 5.21 Å². The van der Waals surface area contributed by atoms with E-state index in [4.69, 9.17) is 5.11 Å². The molecule has 0 saturated heterocycles. The first-order valence-corrected chi connectivity index (χ1v) is 4.49. The second-order valence-electron chi connectivity index (χ2n) is 3.01. The van der Waals surface area contributed by atoms with Crippen LogP contribution in [-0.2, 0) is 6.54 Å². The molecule has 4 heteroatoms. The highest BCUT2D eigenvalue weighted by atomic mass is 16.3. The smallest absolute Gasteiger partial charge is 0.115 e. The minimum Gasteiger partial charge on any atom is -0.508 e. The van der Waals surface area contributed by atoms with E-state index < -0.39 is 0 Å². The molecule has 2 aromatic rings. The Kier molecular flexibility index (Phi) is 2.18. The van der Waals surface area contributed by atoms with Crippen molar-refractivity contribution < 1.29 is 5.11 Å². The molecule has 1 aromatic heterocycles. The van der Waals surface area contributed by atoms with Gasteiger partial charge in [0.05, 0.1) is 6.20 Å². The quantitative estimate of drug-likeness (QED) is 0.781. The fourth-order valence-corrected chi connectivity index (χ4v) is 1.22. The molecule has 0 amide bonds. The summed E-state index contributed by atoms with van der Waals surface area (Å²) in [5.41, 5.74) is 1.79. The lowest BCUT2D eigenvalue weighted by Gasteiger charge is -1.95. The van der Waals surface area contributed by atoms with Crippen molar-refractivity contribution in [3.05, 3.63) is 30.5 Å². The van der Waals surface area contributed by atoms with E-state index in [1.165, 1.54) is 0 Å². The van der Waals surface area contributed by atoms with Crippen LogP contribution in [-0.4, -0.2) is 20.1 Å². The highest BCUT2D eigenvalue weighted by Gasteiger charge is 2.02. The number of hydrogen-bond acceptors (Lipinski definition) is 3. The summed E-state index contributed by atoms with van der Waals surface area (Å²) in [5.74, 6) is 0.261. The Bertz CT molecular complexity index is 419. The molecule has 1 N–H and O–H groups in total. The highest BCUT2D eigenvalue weighted by molar-refractivity contribution is 5.58. The van der Waals surface area contributed by atoms with Gasteiger partial charge in [-0.25, -0.2) is 0 Å². The summed E-state index contributed by atoms with van der Waals surface area (Å²) in [6.45, 7) is 2.82. The molecule has 4 nitrogen and oxygen atoms in total. The van der Waals surface area contributed by atoms with Gasteiger partial charge < -0.3 is 5.11 Å². The van der Waals surface area contributed by atoms with Crippen molar-refractivity contribution in [2.75, 3.05) is 0 Å². The highest BCUT2D eigenvalue weighted by Crippen LogP contribution is 2.18. The van der Waals surface area contributed by atoms with Gasteiger partial charge in [-0.2, -0.15) is 0 Å². The van der Waals surface area contributed by atoms with Gasteiger partial charge in [0.1, 0.15) is 11.4 Å². The summed E-state index contributed by atoms with van der Waals surface area (Å²) < 4.78 is 1.77. The van der Waals surface area contributed by atoms with Crippen LogP contribution in [0.4, 0.5) is 0 Å². The van der Waals surface area contributed by atoms with E-state index in [-0.39, 0.29) is 5.75 Å². The number of hydrogen-bond donors (Lipinski definition) is 1. The van der Waals surface area contributed by atoms with Crippen LogP contribution in [0.15, 0.2) is 30.5 Å². The van der Waals surface area contributed by atoms with Crippen LogP contribution in [0, 0.1) is 0 Å². The molecule has 0 aliphatic heterocycles. The molecule has 0 aliphatic rings. The van der Waals surface area contributed by atoms with Crippen LogP contribution < -0.4 is 0 Å². The topological polar surface area (TPSA) is 50.9 Å². The lowest BCUT2D eigenvalue weighted by molar-refractivity contribution is 0.475. The van der Waals surface area contributed by atoms with E-state index in [9.17, 15) is 0 Å². The number of rotatable bonds is 2. The van der Waals surface area contributed by atoms with Gasteiger partial charge in [-0.3, -0.25) is 4.68 Å². The third-order valence-electron chi connectivity index (χ3n) is 2.03. The number of phenolic OH excluding ortho intramolecular Hbond substituents is 1. The normalized spacial score (nSPS) is 10.4. The zero-order chi connectivity index (χ0) is 9.97. The Morgan fingerprint density at radius 2 is 2.00 bits per heavy atom. The maximum atomic E-state index is 9.11. The molecule has 0 fully saturated rings. The largest absolute Gasteiger partial charge is 0.508 e. The van der Waals surface area contributed by atoms with Crippen LogP contribution >= 0.6 is 0 Å². The summed E-state index contributed by atoms with van der Waals surface area (Å²) >= 11 is 0.